The maximum Gasteiger partial charge on any atom is 0.0406 e. The van der Waals surface area contributed by atoms with Gasteiger partial charge in [0.1, 0.15) is 0 Å². The summed E-state index contributed by atoms with van der Waals surface area (Å²) >= 11 is 5.88. The zero-order valence-electron chi connectivity index (χ0n) is 9.39. The summed E-state index contributed by atoms with van der Waals surface area (Å²) in [5.74, 6) is 0.731. The van der Waals surface area contributed by atoms with E-state index in [1.807, 2.05) is 12.1 Å². The van der Waals surface area contributed by atoms with Crippen molar-refractivity contribution in [3.8, 4) is 0 Å². The Morgan fingerprint density at radius 2 is 1.87 bits per heavy atom. The molecular formula is C13H18ClN. The molecule has 0 radical (unpaired) electrons. The van der Waals surface area contributed by atoms with Gasteiger partial charge in [-0.2, -0.15) is 0 Å². The van der Waals surface area contributed by atoms with Crippen molar-refractivity contribution in [1.29, 1.82) is 0 Å². The Balaban J connectivity index is 2.10. The lowest BCUT2D eigenvalue weighted by molar-refractivity contribution is 0.0995. The van der Waals surface area contributed by atoms with E-state index in [9.17, 15) is 0 Å². The van der Waals surface area contributed by atoms with Gasteiger partial charge in [0.15, 0.2) is 0 Å². The van der Waals surface area contributed by atoms with Crippen LogP contribution in [0.4, 0.5) is 0 Å². The Labute approximate surface area is 96.8 Å². The van der Waals surface area contributed by atoms with Crippen molar-refractivity contribution in [2.75, 3.05) is 13.1 Å². The molecule has 0 atom stereocenters. The molecule has 0 bridgehead atoms. The van der Waals surface area contributed by atoms with E-state index in [-0.39, 0.29) is 0 Å². The van der Waals surface area contributed by atoms with Crippen molar-refractivity contribution in [3.63, 3.8) is 0 Å². The van der Waals surface area contributed by atoms with E-state index in [1.165, 1.54) is 5.56 Å². The fraction of sp³-hybridized carbons (Fsp3) is 0.538. The predicted octanol–water partition coefficient (Wildman–Crippen LogP) is 3.13. The number of hydrogen-bond donors (Lipinski definition) is 1. The van der Waals surface area contributed by atoms with Gasteiger partial charge >= 0.3 is 0 Å². The molecule has 1 fully saturated rings. The molecule has 0 spiro atoms. The average molecular weight is 224 g/mol. The van der Waals surface area contributed by atoms with Crippen molar-refractivity contribution in [3.05, 3.63) is 34.9 Å². The molecule has 0 aliphatic carbocycles. The van der Waals surface area contributed by atoms with E-state index >= 15 is 0 Å². The molecule has 1 aromatic carbocycles. The second-order valence-corrected chi connectivity index (χ2v) is 5.36. The van der Waals surface area contributed by atoms with Crippen LogP contribution in [-0.2, 0) is 6.42 Å². The lowest BCUT2D eigenvalue weighted by Gasteiger charge is -2.46. The normalized spacial score (nSPS) is 18.9. The smallest absolute Gasteiger partial charge is 0.0406 e. The molecule has 82 valence electrons. The fourth-order valence-corrected chi connectivity index (χ4v) is 2.32. The summed E-state index contributed by atoms with van der Waals surface area (Å²) < 4.78 is 0. The third-order valence-corrected chi connectivity index (χ3v) is 3.90. The SMILES string of the molecule is CC(C)C1(Cc2ccc(Cl)cc2)CNC1. The Hall–Kier alpha value is -0.530. The standard InChI is InChI=1S/C13H18ClN/c1-10(2)13(8-15-9-13)7-11-3-5-12(14)6-4-11/h3-6,10,15H,7-9H2,1-2H3. The van der Waals surface area contributed by atoms with Crippen molar-refractivity contribution in [2.24, 2.45) is 11.3 Å². The van der Waals surface area contributed by atoms with Crippen molar-refractivity contribution in [1.82, 2.24) is 5.32 Å². The van der Waals surface area contributed by atoms with Crippen LogP contribution in [0.15, 0.2) is 24.3 Å². The van der Waals surface area contributed by atoms with Gasteiger partial charge in [-0.15, -0.1) is 0 Å². The monoisotopic (exact) mass is 223 g/mol. The minimum atomic E-state index is 0.466. The topological polar surface area (TPSA) is 12.0 Å². The quantitative estimate of drug-likeness (QED) is 0.831. The third-order valence-electron chi connectivity index (χ3n) is 3.65. The molecule has 2 heteroatoms. The van der Waals surface area contributed by atoms with Gasteiger partial charge in [-0.1, -0.05) is 37.6 Å². The molecule has 1 saturated heterocycles. The van der Waals surface area contributed by atoms with E-state index in [0.717, 1.165) is 30.5 Å². The lowest BCUT2D eigenvalue weighted by atomic mass is 9.68. The molecule has 0 saturated carbocycles. The van der Waals surface area contributed by atoms with Gasteiger partial charge in [0.25, 0.3) is 0 Å². The van der Waals surface area contributed by atoms with Crippen molar-refractivity contribution in [2.45, 2.75) is 20.3 Å². The van der Waals surface area contributed by atoms with Gasteiger partial charge in [0, 0.05) is 23.5 Å². The molecule has 15 heavy (non-hydrogen) atoms. The predicted molar refractivity (Wildman–Crippen MR) is 65.3 cm³/mol. The number of rotatable bonds is 3. The Bertz CT molecular complexity index is 325. The number of halogens is 1. The molecule has 1 aromatic rings. The molecule has 2 rings (SSSR count). The number of benzene rings is 1. The molecule has 1 heterocycles. The summed E-state index contributed by atoms with van der Waals surface area (Å²) in [6.07, 6.45) is 1.16. The van der Waals surface area contributed by atoms with Crippen LogP contribution in [0.5, 0.6) is 0 Å². The number of hydrogen-bond acceptors (Lipinski definition) is 1. The van der Waals surface area contributed by atoms with Gasteiger partial charge in [0.2, 0.25) is 0 Å². The molecule has 1 aliphatic rings. The molecule has 1 nitrogen and oxygen atoms in total. The van der Waals surface area contributed by atoms with Gasteiger partial charge < -0.3 is 5.32 Å². The molecular weight excluding hydrogens is 206 g/mol. The van der Waals surface area contributed by atoms with Gasteiger partial charge in [0.05, 0.1) is 0 Å². The van der Waals surface area contributed by atoms with Crippen LogP contribution in [0.25, 0.3) is 0 Å². The fourth-order valence-electron chi connectivity index (χ4n) is 2.19. The van der Waals surface area contributed by atoms with E-state index in [0.29, 0.717) is 5.41 Å². The summed E-state index contributed by atoms with van der Waals surface area (Å²) in [6.45, 7) is 6.92. The Kier molecular flexibility index (Phi) is 3.03. The molecule has 0 unspecified atom stereocenters. The summed E-state index contributed by atoms with van der Waals surface area (Å²) in [5, 5.41) is 4.21. The van der Waals surface area contributed by atoms with Gasteiger partial charge in [-0.25, -0.2) is 0 Å². The van der Waals surface area contributed by atoms with Crippen LogP contribution >= 0.6 is 11.6 Å². The highest BCUT2D eigenvalue weighted by Crippen LogP contribution is 2.35. The summed E-state index contributed by atoms with van der Waals surface area (Å²) in [7, 11) is 0. The highest BCUT2D eigenvalue weighted by Gasteiger charge is 2.39. The van der Waals surface area contributed by atoms with Gasteiger partial charge in [-0.3, -0.25) is 0 Å². The van der Waals surface area contributed by atoms with Crippen LogP contribution in [0.2, 0.25) is 5.02 Å². The molecule has 0 amide bonds. The summed E-state index contributed by atoms with van der Waals surface area (Å²) in [4.78, 5) is 0. The zero-order valence-corrected chi connectivity index (χ0v) is 10.1. The van der Waals surface area contributed by atoms with E-state index in [1.54, 1.807) is 0 Å². The Morgan fingerprint density at radius 1 is 1.27 bits per heavy atom. The maximum absolute atomic E-state index is 5.88. The first kappa shape index (κ1) is 11.0. The summed E-state index contributed by atoms with van der Waals surface area (Å²) in [5.41, 5.74) is 1.86. The first-order chi connectivity index (χ1) is 7.12. The van der Waals surface area contributed by atoms with Crippen LogP contribution in [0.3, 0.4) is 0 Å². The van der Waals surface area contributed by atoms with E-state index in [2.05, 4.69) is 31.3 Å². The highest BCUT2D eigenvalue weighted by molar-refractivity contribution is 6.30. The molecule has 1 N–H and O–H groups in total. The minimum Gasteiger partial charge on any atom is -0.315 e. The third kappa shape index (κ3) is 2.19. The van der Waals surface area contributed by atoms with Gasteiger partial charge in [-0.05, 0) is 30.0 Å². The molecule has 0 aromatic heterocycles. The maximum atomic E-state index is 5.88. The van der Waals surface area contributed by atoms with Crippen LogP contribution < -0.4 is 5.32 Å². The lowest BCUT2D eigenvalue weighted by Crippen LogP contribution is -2.57. The Morgan fingerprint density at radius 3 is 2.27 bits per heavy atom. The average Bonchev–Trinajstić information content (AvgIpc) is 2.13. The van der Waals surface area contributed by atoms with E-state index in [4.69, 9.17) is 11.6 Å². The second-order valence-electron chi connectivity index (χ2n) is 4.92. The first-order valence-corrected chi connectivity index (χ1v) is 5.95. The van der Waals surface area contributed by atoms with Crippen molar-refractivity contribution >= 4 is 11.6 Å². The zero-order chi connectivity index (χ0) is 10.9. The van der Waals surface area contributed by atoms with Crippen molar-refractivity contribution < 1.29 is 0 Å². The minimum absolute atomic E-state index is 0.466. The van der Waals surface area contributed by atoms with E-state index < -0.39 is 0 Å². The summed E-state index contributed by atoms with van der Waals surface area (Å²) in [6, 6.07) is 8.25. The largest absolute Gasteiger partial charge is 0.315 e. The number of nitrogens with one attached hydrogen (secondary N) is 1. The van der Waals surface area contributed by atoms with Crippen LogP contribution in [-0.4, -0.2) is 13.1 Å². The highest BCUT2D eigenvalue weighted by atomic mass is 35.5. The second kappa shape index (κ2) is 4.15. The first-order valence-electron chi connectivity index (χ1n) is 5.58. The van der Waals surface area contributed by atoms with Crippen LogP contribution in [0.1, 0.15) is 19.4 Å². The van der Waals surface area contributed by atoms with Crippen LogP contribution in [0, 0.1) is 11.3 Å². The molecule has 1 aliphatic heterocycles.